The molecule has 0 radical (unpaired) electrons. The van der Waals surface area contributed by atoms with Gasteiger partial charge in [-0.15, -0.1) is 6.58 Å². The minimum atomic E-state index is 0.644. The SMILES string of the molecule is C=CCN1COc2ccccc21. The number of rotatable bonds is 2. The van der Waals surface area contributed by atoms with Gasteiger partial charge in [0, 0.05) is 6.54 Å². The van der Waals surface area contributed by atoms with E-state index in [0.717, 1.165) is 18.0 Å². The van der Waals surface area contributed by atoms with Crippen molar-refractivity contribution >= 4 is 5.69 Å². The molecule has 12 heavy (non-hydrogen) atoms. The number of fused-ring (bicyclic) bond motifs is 1. The van der Waals surface area contributed by atoms with Crippen LogP contribution in [0.4, 0.5) is 5.69 Å². The zero-order chi connectivity index (χ0) is 8.39. The molecule has 2 nitrogen and oxygen atoms in total. The molecule has 2 rings (SSSR count). The van der Waals surface area contributed by atoms with Crippen LogP contribution in [0.2, 0.25) is 0 Å². The molecule has 1 heterocycles. The van der Waals surface area contributed by atoms with Crippen LogP contribution in [0.1, 0.15) is 0 Å². The predicted octanol–water partition coefficient (Wildman–Crippen LogP) is 2.03. The van der Waals surface area contributed by atoms with E-state index in [1.54, 1.807) is 0 Å². The highest BCUT2D eigenvalue weighted by molar-refractivity contribution is 5.61. The Balaban J connectivity index is 2.29. The summed E-state index contributed by atoms with van der Waals surface area (Å²) in [6.07, 6.45) is 1.88. The van der Waals surface area contributed by atoms with E-state index in [4.69, 9.17) is 4.74 Å². The Morgan fingerprint density at radius 3 is 3.17 bits per heavy atom. The van der Waals surface area contributed by atoms with Crippen LogP contribution in [0, 0.1) is 0 Å². The summed E-state index contributed by atoms with van der Waals surface area (Å²) in [4.78, 5) is 2.14. The molecule has 0 fully saturated rings. The highest BCUT2D eigenvalue weighted by Crippen LogP contribution is 2.32. The van der Waals surface area contributed by atoms with Crippen LogP contribution in [0.5, 0.6) is 5.75 Å². The van der Waals surface area contributed by atoms with Gasteiger partial charge in [-0.2, -0.15) is 0 Å². The van der Waals surface area contributed by atoms with Gasteiger partial charge in [-0.25, -0.2) is 0 Å². The van der Waals surface area contributed by atoms with Crippen LogP contribution in [0.15, 0.2) is 36.9 Å². The lowest BCUT2D eigenvalue weighted by Crippen LogP contribution is -2.21. The number of nitrogens with zero attached hydrogens (tertiary/aromatic N) is 1. The molecule has 0 amide bonds. The monoisotopic (exact) mass is 161 g/mol. The van der Waals surface area contributed by atoms with Crippen molar-refractivity contribution in [1.82, 2.24) is 0 Å². The molecule has 0 saturated carbocycles. The van der Waals surface area contributed by atoms with Crippen molar-refractivity contribution in [2.24, 2.45) is 0 Å². The summed E-state index contributed by atoms with van der Waals surface area (Å²) >= 11 is 0. The van der Waals surface area contributed by atoms with Gasteiger partial charge in [0.05, 0.1) is 5.69 Å². The molecule has 1 aromatic carbocycles. The van der Waals surface area contributed by atoms with E-state index in [1.807, 2.05) is 24.3 Å². The van der Waals surface area contributed by atoms with Crippen LogP contribution >= 0.6 is 0 Å². The van der Waals surface area contributed by atoms with Crippen LogP contribution in [-0.2, 0) is 0 Å². The Hall–Kier alpha value is -1.44. The number of anilines is 1. The van der Waals surface area contributed by atoms with Gasteiger partial charge in [0.15, 0.2) is 6.73 Å². The smallest absolute Gasteiger partial charge is 0.162 e. The van der Waals surface area contributed by atoms with Crippen LogP contribution in [0.3, 0.4) is 0 Å². The number of hydrogen-bond donors (Lipinski definition) is 0. The third-order valence-corrected chi connectivity index (χ3v) is 1.93. The number of hydrogen-bond acceptors (Lipinski definition) is 2. The van der Waals surface area contributed by atoms with Crippen molar-refractivity contribution in [3.8, 4) is 5.75 Å². The molecule has 0 spiro atoms. The largest absolute Gasteiger partial charge is 0.471 e. The molecule has 62 valence electrons. The fourth-order valence-electron chi connectivity index (χ4n) is 1.36. The van der Waals surface area contributed by atoms with Crippen molar-refractivity contribution in [2.75, 3.05) is 18.2 Å². The average molecular weight is 161 g/mol. The highest BCUT2D eigenvalue weighted by atomic mass is 16.5. The quantitative estimate of drug-likeness (QED) is 0.615. The highest BCUT2D eigenvalue weighted by Gasteiger charge is 2.17. The fourth-order valence-corrected chi connectivity index (χ4v) is 1.36. The third kappa shape index (κ3) is 1.05. The minimum absolute atomic E-state index is 0.644. The molecule has 1 aromatic rings. The van der Waals surface area contributed by atoms with Gasteiger partial charge in [0.25, 0.3) is 0 Å². The predicted molar refractivity (Wildman–Crippen MR) is 49.5 cm³/mol. The molecular formula is C10H11NO. The molecule has 0 N–H and O–H groups in total. The summed E-state index contributed by atoms with van der Waals surface area (Å²) in [6, 6.07) is 8.05. The first-order valence-corrected chi connectivity index (χ1v) is 3.99. The molecule has 0 bridgehead atoms. The Kier molecular flexibility index (Phi) is 1.74. The maximum absolute atomic E-state index is 5.44. The molecular weight excluding hydrogens is 150 g/mol. The Bertz CT molecular complexity index is 296. The van der Waals surface area contributed by atoms with Crippen LogP contribution in [-0.4, -0.2) is 13.3 Å². The first kappa shape index (κ1) is 7.22. The molecule has 0 atom stereocenters. The van der Waals surface area contributed by atoms with Gasteiger partial charge >= 0.3 is 0 Å². The zero-order valence-corrected chi connectivity index (χ0v) is 6.86. The average Bonchev–Trinajstić information content (AvgIpc) is 2.50. The minimum Gasteiger partial charge on any atom is -0.471 e. The molecule has 1 aliphatic rings. The summed E-state index contributed by atoms with van der Waals surface area (Å²) < 4.78 is 5.44. The van der Waals surface area contributed by atoms with Gasteiger partial charge in [0.1, 0.15) is 5.75 Å². The third-order valence-electron chi connectivity index (χ3n) is 1.93. The van der Waals surface area contributed by atoms with Gasteiger partial charge in [0.2, 0.25) is 0 Å². The van der Waals surface area contributed by atoms with Crippen molar-refractivity contribution < 1.29 is 4.74 Å². The Labute approximate surface area is 72.1 Å². The summed E-state index contributed by atoms with van der Waals surface area (Å²) in [7, 11) is 0. The second-order valence-electron chi connectivity index (χ2n) is 2.75. The summed E-state index contributed by atoms with van der Waals surface area (Å²) in [5.41, 5.74) is 1.16. The molecule has 0 aliphatic carbocycles. The molecule has 0 aromatic heterocycles. The normalized spacial score (nSPS) is 13.8. The van der Waals surface area contributed by atoms with E-state index in [9.17, 15) is 0 Å². The second kappa shape index (κ2) is 2.89. The Morgan fingerprint density at radius 2 is 2.33 bits per heavy atom. The van der Waals surface area contributed by atoms with Crippen molar-refractivity contribution in [1.29, 1.82) is 0 Å². The lowest BCUT2D eigenvalue weighted by atomic mass is 10.3. The van der Waals surface area contributed by atoms with E-state index in [0.29, 0.717) is 6.73 Å². The van der Waals surface area contributed by atoms with E-state index in [2.05, 4.69) is 17.5 Å². The maximum atomic E-state index is 5.44. The van der Waals surface area contributed by atoms with Crippen molar-refractivity contribution in [3.05, 3.63) is 36.9 Å². The Morgan fingerprint density at radius 1 is 1.50 bits per heavy atom. The first-order valence-electron chi connectivity index (χ1n) is 3.99. The lowest BCUT2D eigenvalue weighted by molar-refractivity contribution is 0.350. The van der Waals surface area contributed by atoms with Crippen LogP contribution < -0.4 is 9.64 Å². The van der Waals surface area contributed by atoms with E-state index in [1.165, 1.54) is 0 Å². The van der Waals surface area contributed by atoms with E-state index < -0.39 is 0 Å². The summed E-state index contributed by atoms with van der Waals surface area (Å²) in [5, 5.41) is 0. The second-order valence-corrected chi connectivity index (χ2v) is 2.75. The van der Waals surface area contributed by atoms with Crippen molar-refractivity contribution in [3.63, 3.8) is 0 Å². The zero-order valence-electron chi connectivity index (χ0n) is 6.86. The number of benzene rings is 1. The number of para-hydroxylation sites is 2. The molecule has 1 aliphatic heterocycles. The van der Waals surface area contributed by atoms with E-state index in [-0.39, 0.29) is 0 Å². The van der Waals surface area contributed by atoms with Gasteiger partial charge < -0.3 is 9.64 Å². The number of ether oxygens (including phenoxy) is 1. The molecule has 0 saturated heterocycles. The van der Waals surface area contributed by atoms with E-state index >= 15 is 0 Å². The summed E-state index contributed by atoms with van der Waals surface area (Å²) in [5.74, 6) is 0.972. The maximum Gasteiger partial charge on any atom is 0.162 e. The fraction of sp³-hybridized carbons (Fsp3) is 0.200. The van der Waals surface area contributed by atoms with Crippen LogP contribution in [0.25, 0.3) is 0 Å². The molecule has 2 heteroatoms. The molecule has 0 unspecified atom stereocenters. The summed E-state index contributed by atoms with van der Waals surface area (Å²) in [6.45, 7) is 5.19. The van der Waals surface area contributed by atoms with Gasteiger partial charge in [-0.05, 0) is 12.1 Å². The lowest BCUT2D eigenvalue weighted by Gasteiger charge is -2.12. The first-order chi connectivity index (χ1) is 5.92. The van der Waals surface area contributed by atoms with Gasteiger partial charge in [-0.1, -0.05) is 18.2 Å². The van der Waals surface area contributed by atoms with Crippen molar-refractivity contribution in [2.45, 2.75) is 0 Å². The standard InChI is InChI=1S/C10H11NO/c1-2-7-11-8-12-10-6-4-3-5-9(10)11/h2-6H,1,7-8H2. The topological polar surface area (TPSA) is 12.5 Å². The van der Waals surface area contributed by atoms with Gasteiger partial charge in [-0.3, -0.25) is 0 Å².